The molecule has 2 aliphatic heterocycles. The van der Waals surface area contributed by atoms with E-state index in [1.54, 1.807) is 0 Å². The van der Waals surface area contributed by atoms with Gasteiger partial charge in [-0.1, -0.05) is 4.47 Å². The van der Waals surface area contributed by atoms with Crippen molar-refractivity contribution in [1.82, 2.24) is 8.77 Å². The molecule has 0 spiro atoms. The van der Waals surface area contributed by atoms with Gasteiger partial charge in [-0.15, -0.1) is 0 Å². The molecule has 1 amide bonds. The molecule has 8 nitrogen and oxygen atoms in total. The molecule has 164 valence electrons. The summed E-state index contributed by atoms with van der Waals surface area (Å²) in [5.74, 6) is -6.08. The third-order valence-corrected chi connectivity index (χ3v) is 6.48. The molecular formula is C15H24F4N2O6S. The first-order chi connectivity index (χ1) is 13.1. The van der Waals surface area contributed by atoms with Gasteiger partial charge in [0.05, 0.1) is 0 Å². The molecule has 0 aliphatic carbocycles. The van der Waals surface area contributed by atoms with E-state index in [0.717, 1.165) is 4.31 Å². The lowest BCUT2D eigenvalue weighted by atomic mass is 9.99. The van der Waals surface area contributed by atoms with Crippen molar-refractivity contribution in [1.29, 1.82) is 0 Å². The number of nitrogens with zero attached hydrogens (tertiary/aromatic N) is 2. The van der Waals surface area contributed by atoms with E-state index >= 15 is 0 Å². The van der Waals surface area contributed by atoms with Crippen LogP contribution < -0.4 is 0 Å². The number of hydroxylamine groups is 1. The van der Waals surface area contributed by atoms with Crippen LogP contribution in [0.5, 0.6) is 0 Å². The van der Waals surface area contributed by atoms with Gasteiger partial charge in [0.15, 0.2) is 0 Å². The van der Waals surface area contributed by atoms with Gasteiger partial charge in [-0.2, -0.15) is 21.5 Å². The molecule has 2 aliphatic rings. The van der Waals surface area contributed by atoms with Crippen molar-refractivity contribution in [3.8, 4) is 0 Å². The van der Waals surface area contributed by atoms with Gasteiger partial charge in [0.2, 0.25) is 0 Å². The molecule has 13 heteroatoms. The van der Waals surface area contributed by atoms with Gasteiger partial charge in [-0.3, -0.25) is 10.0 Å². The van der Waals surface area contributed by atoms with Crippen LogP contribution in [-0.2, 0) is 24.5 Å². The van der Waals surface area contributed by atoms with E-state index in [-0.39, 0.29) is 42.9 Å². The second-order valence-corrected chi connectivity index (χ2v) is 8.65. The van der Waals surface area contributed by atoms with Gasteiger partial charge in [0.1, 0.15) is 6.61 Å². The molecule has 2 rings (SSSR count). The van der Waals surface area contributed by atoms with E-state index in [1.165, 1.54) is 0 Å². The zero-order valence-corrected chi connectivity index (χ0v) is 15.9. The standard InChI is InChI=1S/C15H24F4N2O6S/c16-14(17)15(18,19)10-27-9-11-1-5-20(6-2-11)28(24,25)21(23)13(22)12-3-7-26-8-4-12/h11-12,14,23H,1-10H2. The Hall–Kier alpha value is -1.02. The Morgan fingerprint density at radius 3 is 2.32 bits per heavy atom. The molecule has 1 N–H and O–H groups in total. The Balaban J connectivity index is 1.81. The van der Waals surface area contributed by atoms with E-state index in [1.807, 2.05) is 0 Å². The zero-order chi connectivity index (χ0) is 20.9. The maximum absolute atomic E-state index is 12.8. The molecule has 0 aromatic carbocycles. The van der Waals surface area contributed by atoms with E-state index < -0.39 is 41.0 Å². The minimum atomic E-state index is -4.42. The maximum Gasteiger partial charge on any atom is 0.330 e. The number of carbonyl (C=O) groups is 1. The number of alkyl halides is 4. The fraction of sp³-hybridized carbons (Fsp3) is 0.933. The molecule has 2 heterocycles. The van der Waals surface area contributed by atoms with E-state index in [4.69, 9.17) is 4.74 Å². The summed E-state index contributed by atoms with van der Waals surface area (Å²) in [5.41, 5.74) is 0. The molecule has 2 saturated heterocycles. The Morgan fingerprint density at radius 1 is 1.21 bits per heavy atom. The number of hydrogen-bond donors (Lipinski definition) is 1. The molecule has 0 unspecified atom stereocenters. The highest BCUT2D eigenvalue weighted by atomic mass is 32.2. The highest BCUT2D eigenvalue weighted by Gasteiger charge is 2.42. The van der Waals surface area contributed by atoms with Crippen molar-refractivity contribution in [3.05, 3.63) is 0 Å². The third kappa shape index (κ3) is 5.75. The van der Waals surface area contributed by atoms with E-state index in [2.05, 4.69) is 4.74 Å². The Bertz CT molecular complexity index is 622. The maximum atomic E-state index is 12.8. The van der Waals surface area contributed by atoms with Gasteiger partial charge in [-0.05, 0) is 31.6 Å². The molecule has 0 radical (unpaired) electrons. The lowest BCUT2D eigenvalue weighted by Crippen LogP contribution is -2.50. The number of rotatable bonds is 8. The van der Waals surface area contributed by atoms with Crippen LogP contribution in [0.25, 0.3) is 0 Å². The number of amides is 1. The highest BCUT2D eigenvalue weighted by Crippen LogP contribution is 2.26. The molecule has 2 fully saturated rings. The van der Waals surface area contributed by atoms with Crippen LogP contribution in [0.4, 0.5) is 17.6 Å². The molecular weight excluding hydrogens is 412 g/mol. The first-order valence-corrected chi connectivity index (χ1v) is 10.3. The van der Waals surface area contributed by atoms with Gasteiger partial charge in [0, 0.05) is 38.8 Å². The summed E-state index contributed by atoms with van der Waals surface area (Å²) in [6.07, 6.45) is -2.75. The van der Waals surface area contributed by atoms with Crippen LogP contribution in [0, 0.1) is 11.8 Å². The molecule has 0 aromatic heterocycles. The Labute approximate surface area is 160 Å². The minimum Gasteiger partial charge on any atom is -0.381 e. The normalized spacial score (nSPS) is 21.2. The van der Waals surface area contributed by atoms with Crippen molar-refractivity contribution in [3.63, 3.8) is 0 Å². The third-order valence-electron chi connectivity index (χ3n) is 4.84. The average Bonchev–Trinajstić information content (AvgIpc) is 2.67. The van der Waals surface area contributed by atoms with Gasteiger partial charge >= 0.3 is 22.6 Å². The first kappa shape index (κ1) is 23.3. The monoisotopic (exact) mass is 436 g/mol. The predicted octanol–water partition coefficient (Wildman–Crippen LogP) is 1.50. The SMILES string of the molecule is O=C(C1CCOCC1)N(O)S(=O)(=O)N1CCC(COCC(F)(F)C(F)F)CC1. The van der Waals surface area contributed by atoms with Crippen LogP contribution >= 0.6 is 0 Å². The lowest BCUT2D eigenvalue weighted by molar-refractivity contribution is -0.168. The summed E-state index contributed by atoms with van der Waals surface area (Å²) in [4.78, 5) is 12.2. The van der Waals surface area contributed by atoms with Crippen LogP contribution in [0.3, 0.4) is 0 Å². The summed E-state index contributed by atoms with van der Waals surface area (Å²) in [7, 11) is -4.42. The number of ether oxygens (including phenoxy) is 2. The molecule has 0 saturated carbocycles. The zero-order valence-electron chi connectivity index (χ0n) is 15.1. The number of hydrogen-bond acceptors (Lipinski definition) is 6. The smallest absolute Gasteiger partial charge is 0.330 e. The van der Waals surface area contributed by atoms with Gasteiger partial charge < -0.3 is 9.47 Å². The number of halogens is 4. The van der Waals surface area contributed by atoms with E-state index in [0.29, 0.717) is 26.1 Å². The molecule has 0 atom stereocenters. The van der Waals surface area contributed by atoms with Crippen molar-refractivity contribution in [2.45, 2.75) is 38.0 Å². The molecule has 0 bridgehead atoms. The second-order valence-electron chi connectivity index (χ2n) is 6.89. The quantitative estimate of drug-likeness (QED) is 0.352. The Kier molecular flexibility index (Phi) is 8.02. The van der Waals surface area contributed by atoms with Gasteiger partial charge in [-0.25, -0.2) is 8.78 Å². The summed E-state index contributed by atoms with van der Waals surface area (Å²) < 4.78 is 85.1. The first-order valence-electron chi connectivity index (χ1n) is 8.90. The summed E-state index contributed by atoms with van der Waals surface area (Å²) in [6.45, 7) is -1.12. The van der Waals surface area contributed by atoms with Crippen molar-refractivity contribution in [2.24, 2.45) is 11.8 Å². The van der Waals surface area contributed by atoms with E-state index in [9.17, 15) is 36.0 Å². The average molecular weight is 436 g/mol. The molecule has 0 aromatic rings. The Morgan fingerprint density at radius 2 is 1.79 bits per heavy atom. The predicted molar refractivity (Wildman–Crippen MR) is 87.2 cm³/mol. The van der Waals surface area contributed by atoms with Gasteiger partial charge in [0.25, 0.3) is 5.91 Å². The largest absolute Gasteiger partial charge is 0.381 e. The summed E-state index contributed by atoms with van der Waals surface area (Å²) >= 11 is 0. The minimum absolute atomic E-state index is 0.0558. The van der Waals surface area contributed by atoms with Crippen molar-refractivity contribution in [2.75, 3.05) is 39.5 Å². The topological polar surface area (TPSA) is 96.4 Å². The fourth-order valence-corrected chi connectivity index (χ4v) is 4.32. The van der Waals surface area contributed by atoms with Crippen LogP contribution in [0.15, 0.2) is 0 Å². The van der Waals surface area contributed by atoms with Crippen LogP contribution in [0.1, 0.15) is 25.7 Å². The number of piperidine rings is 1. The molecule has 28 heavy (non-hydrogen) atoms. The summed E-state index contributed by atoms with van der Waals surface area (Å²) in [5, 5.41) is 9.93. The van der Waals surface area contributed by atoms with Crippen molar-refractivity contribution >= 4 is 16.1 Å². The number of carbonyl (C=O) groups excluding carboxylic acids is 1. The summed E-state index contributed by atoms with van der Waals surface area (Å²) in [6, 6.07) is 0. The second kappa shape index (κ2) is 9.65. The van der Waals surface area contributed by atoms with Crippen LogP contribution in [-0.4, -0.2) is 80.2 Å². The highest BCUT2D eigenvalue weighted by molar-refractivity contribution is 7.87. The van der Waals surface area contributed by atoms with Crippen LogP contribution in [0.2, 0.25) is 0 Å². The fourth-order valence-electron chi connectivity index (χ4n) is 3.06. The lowest BCUT2D eigenvalue weighted by Gasteiger charge is -2.33. The van der Waals surface area contributed by atoms with Crippen molar-refractivity contribution < 1.29 is 45.5 Å².